The van der Waals surface area contributed by atoms with Gasteiger partial charge in [0.2, 0.25) is 0 Å². The van der Waals surface area contributed by atoms with Crippen LogP contribution in [-0.2, 0) is 0 Å². The highest BCUT2D eigenvalue weighted by molar-refractivity contribution is 4.89. The van der Waals surface area contributed by atoms with Crippen molar-refractivity contribution in [1.82, 2.24) is 0 Å². The molecule has 0 saturated heterocycles. The van der Waals surface area contributed by atoms with Gasteiger partial charge in [-0.05, 0) is 50.0 Å². The van der Waals surface area contributed by atoms with Crippen LogP contribution in [0.15, 0.2) is 5.11 Å². The summed E-state index contributed by atoms with van der Waals surface area (Å²) in [6.07, 6.45) is 15.8. The lowest BCUT2D eigenvalue weighted by Crippen LogP contribution is -2.17. The Balaban J connectivity index is 2.30. The van der Waals surface area contributed by atoms with E-state index in [4.69, 9.17) is 5.53 Å². The zero-order valence-corrected chi connectivity index (χ0v) is 15.3. The van der Waals surface area contributed by atoms with Crippen LogP contribution in [0, 0.1) is 11.8 Å². The van der Waals surface area contributed by atoms with E-state index in [9.17, 15) is 5.11 Å². The van der Waals surface area contributed by atoms with Crippen molar-refractivity contribution in [2.24, 2.45) is 17.0 Å². The van der Waals surface area contributed by atoms with Crippen molar-refractivity contribution in [2.45, 2.75) is 109 Å². The molecule has 0 aromatic rings. The lowest BCUT2D eigenvalue weighted by molar-refractivity contribution is 0.180. The minimum Gasteiger partial charge on any atom is -0.393 e. The summed E-state index contributed by atoms with van der Waals surface area (Å²) in [7, 11) is 0. The smallest absolute Gasteiger partial charge is 0.0512 e. The van der Waals surface area contributed by atoms with Crippen LogP contribution >= 0.6 is 0 Å². The highest BCUT2D eigenvalue weighted by atomic mass is 16.3. The number of aliphatic hydroxyl groups is 1. The number of rotatable bonds is 13. The summed E-state index contributed by atoms with van der Waals surface area (Å²) in [5, 5.41) is 13.4. The molecule has 0 aliphatic heterocycles. The fourth-order valence-electron chi connectivity index (χ4n) is 4.13. The predicted octanol–water partition coefficient (Wildman–Crippen LogP) is 6.38. The summed E-state index contributed by atoms with van der Waals surface area (Å²) in [4.78, 5) is 3.09. The lowest BCUT2D eigenvalue weighted by atomic mass is 9.85. The standard InChI is InChI=1S/C19H37N3O/c1-3-4-5-9-12-17-14-15-19(21-22-20)18(17)13-10-7-6-8-11-16(2)23/h16-19,23H,3-15H2,1-2H3. The van der Waals surface area contributed by atoms with E-state index >= 15 is 0 Å². The molecular weight excluding hydrogens is 286 g/mol. The third-order valence-electron chi connectivity index (χ3n) is 5.47. The molecule has 4 heteroatoms. The monoisotopic (exact) mass is 323 g/mol. The average molecular weight is 324 g/mol. The number of hydrogen-bond donors (Lipinski definition) is 1. The Kier molecular flexibility index (Phi) is 11.2. The number of nitrogens with zero attached hydrogens (tertiary/aromatic N) is 3. The molecule has 4 nitrogen and oxygen atoms in total. The molecule has 0 aromatic carbocycles. The van der Waals surface area contributed by atoms with Crippen LogP contribution in [0.4, 0.5) is 0 Å². The third kappa shape index (κ3) is 8.62. The fourth-order valence-corrected chi connectivity index (χ4v) is 4.13. The predicted molar refractivity (Wildman–Crippen MR) is 97.3 cm³/mol. The number of azide groups is 1. The molecule has 1 saturated carbocycles. The van der Waals surface area contributed by atoms with Crippen LogP contribution in [0.25, 0.3) is 10.4 Å². The van der Waals surface area contributed by atoms with E-state index < -0.39 is 0 Å². The number of unbranched alkanes of at least 4 members (excludes halogenated alkanes) is 6. The van der Waals surface area contributed by atoms with Gasteiger partial charge in [0.25, 0.3) is 0 Å². The van der Waals surface area contributed by atoms with Crippen molar-refractivity contribution in [3.63, 3.8) is 0 Å². The highest BCUT2D eigenvalue weighted by Gasteiger charge is 2.34. The summed E-state index contributed by atoms with van der Waals surface area (Å²) in [6, 6.07) is 0.244. The fraction of sp³-hybridized carbons (Fsp3) is 1.00. The average Bonchev–Trinajstić information content (AvgIpc) is 2.89. The van der Waals surface area contributed by atoms with Gasteiger partial charge in [0.1, 0.15) is 0 Å². The summed E-state index contributed by atoms with van der Waals surface area (Å²) in [6.45, 7) is 4.12. The van der Waals surface area contributed by atoms with E-state index in [0.29, 0.717) is 5.92 Å². The first-order valence-corrected chi connectivity index (χ1v) is 9.91. The van der Waals surface area contributed by atoms with Gasteiger partial charge in [-0.3, -0.25) is 0 Å². The second-order valence-corrected chi connectivity index (χ2v) is 7.46. The van der Waals surface area contributed by atoms with Crippen LogP contribution in [-0.4, -0.2) is 17.3 Å². The number of aliphatic hydroxyl groups excluding tert-OH is 1. The molecule has 0 spiro atoms. The zero-order chi connectivity index (χ0) is 16.9. The molecule has 0 amide bonds. The maximum absolute atomic E-state index is 9.28. The Bertz CT molecular complexity index is 340. The highest BCUT2D eigenvalue weighted by Crippen LogP contribution is 2.40. The topological polar surface area (TPSA) is 69.0 Å². The lowest BCUT2D eigenvalue weighted by Gasteiger charge is -2.22. The van der Waals surface area contributed by atoms with Gasteiger partial charge in [0.05, 0.1) is 6.10 Å². The van der Waals surface area contributed by atoms with Crippen molar-refractivity contribution in [3.8, 4) is 0 Å². The van der Waals surface area contributed by atoms with E-state index in [-0.39, 0.29) is 12.1 Å². The molecular formula is C19H37N3O. The van der Waals surface area contributed by atoms with Gasteiger partial charge in [-0.25, -0.2) is 0 Å². The SMILES string of the molecule is CCCCCCC1CCC(N=[N+]=[N-])C1CCCCCCC(C)O. The Morgan fingerprint density at radius 1 is 1.04 bits per heavy atom. The van der Waals surface area contributed by atoms with Gasteiger partial charge in [-0.1, -0.05) is 69.8 Å². The molecule has 4 unspecified atom stereocenters. The molecule has 1 aliphatic carbocycles. The summed E-state index contributed by atoms with van der Waals surface area (Å²) in [5.41, 5.74) is 8.80. The molecule has 4 atom stereocenters. The molecule has 1 aliphatic rings. The van der Waals surface area contributed by atoms with Gasteiger partial charge in [-0.15, -0.1) is 0 Å². The van der Waals surface area contributed by atoms with Crippen molar-refractivity contribution < 1.29 is 5.11 Å². The minimum absolute atomic E-state index is 0.160. The maximum Gasteiger partial charge on any atom is 0.0512 e. The third-order valence-corrected chi connectivity index (χ3v) is 5.47. The Labute approximate surface area is 142 Å². The summed E-state index contributed by atoms with van der Waals surface area (Å²) >= 11 is 0. The summed E-state index contributed by atoms with van der Waals surface area (Å²) < 4.78 is 0. The van der Waals surface area contributed by atoms with Gasteiger partial charge >= 0.3 is 0 Å². The van der Waals surface area contributed by atoms with Crippen molar-refractivity contribution in [2.75, 3.05) is 0 Å². The van der Waals surface area contributed by atoms with E-state index in [1.54, 1.807) is 0 Å². The first-order chi connectivity index (χ1) is 11.2. The first-order valence-electron chi connectivity index (χ1n) is 9.91. The van der Waals surface area contributed by atoms with Crippen molar-refractivity contribution in [1.29, 1.82) is 0 Å². The second kappa shape index (κ2) is 12.7. The zero-order valence-electron chi connectivity index (χ0n) is 15.3. The molecule has 23 heavy (non-hydrogen) atoms. The van der Waals surface area contributed by atoms with Crippen LogP contribution < -0.4 is 0 Å². The Hall–Kier alpha value is -0.730. The Morgan fingerprint density at radius 2 is 1.74 bits per heavy atom. The van der Waals surface area contributed by atoms with E-state index in [1.807, 2.05) is 6.92 Å². The van der Waals surface area contributed by atoms with E-state index in [0.717, 1.165) is 25.2 Å². The van der Waals surface area contributed by atoms with Gasteiger partial charge in [0, 0.05) is 11.0 Å². The summed E-state index contributed by atoms with van der Waals surface area (Å²) in [5.74, 6) is 1.39. The van der Waals surface area contributed by atoms with Crippen LogP contribution in [0.3, 0.4) is 0 Å². The molecule has 1 rings (SSSR count). The van der Waals surface area contributed by atoms with Gasteiger partial charge < -0.3 is 5.11 Å². The van der Waals surface area contributed by atoms with Crippen LogP contribution in [0.2, 0.25) is 0 Å². The van der Waals surface area contributed by atoms with Gasteiger partial charge in [-0.2, -0.15) is 0 Å². The molecule has 0 heterocycles. The van der Waals surface area contributed by atoms with Crippen molar-refractivity contribution in [3.05, 3.63) is 10.4 Å². The van der Waals surface area contributed by atoms with Crippen LogP contribution in [0.1, 0.15) is 97.3 Å². The molecule has 0 aromatic heterocycles. The molecule has 0 radical (unpaired) electrons. The minimum atomic E-state index is -0.160. The molecule has 0 bridgehead atoms. The Morgan fingerprint density at radius 3 is 2.43 bits per heavy atom. The van der Waals surface area contributed by atoms with E-state index in [2.05, 4.69) is 16.9 Å². The van der Waals surface area contributed by atoms with Gasteiger partial charge in [0.15, 0.2) is 0 Å². The van der Waals surface area contributed by atoms with Crippen molar-refractivity contribution >= 4 is 0 Å². The molecule has 1 N–H and O–H groups in total. The maximum atomic E-state index is 9.28. The van der Waals surface area contributed by atoms with E-state index in [1.165, 1.54) is 64.2 Å². The van der Waals surface area contributed by atoms with Crippen LogP contribution in [0.5, 0.6) is 0 Å². The number of hydrogen-bond acceptors (Lipinski definition) is 2. The molecule has 134 valence electrons. The molecule has 1 fully saturated rings. The first kappa shape index (κ1) is 20.3. The largest absolute Gasteiger partial charge is 0.393 e. The quantitative estimate of drug-likeness (QED) is 0.181. The normalized spacial score (nSPS) is 25.3. The second-order valence-electron chi connectivity index (χ2n) is 7.46.